The van der Waals surface area contributed by atoms with Gasteiger partial charge < -0.3 is 5.11 Å². The Morgan fingerprint density at radius 2 is 1.74 bits per heavy atom. The second-order valence-electron chi connectivity index (χ2n) is 4.82. The van der Waals surface area contributed by atoms with Gasteiger partial charge in [0.1, 0.15) is 12.7 Å². The standard InChI is InChI=1S/C16H23BrO5S/c17-14-12-10-8-6-4-2-1-3-5-7-9-11-13-16(18)15-22-23(19,20)21/h12,14,16,18H,1-6,8,10,15H2,(H,19,20,21)/b14-12+/t16-/m0/s1. The van der Waals surface area contributed by atoms with Crippen molar-refractivity contribution in [2.24, 2.45) is 0 Å². The zero-order chi connectivity index (χ0) is 17.4. The molecule has 5 nitrogen and oxygen atoms in total. The van der Waals surface area contributed by atoms with Crippen molar-refractivity contribution in [1.29, 1.82) is 0 Å². The molecule has 0 aromatic carbocycles. The monoisotopic (exact) mass is 406 g/mol. The van der Waals surface area contributed by atoms with Gasteiger partial charge in [0.15, 0.2) is 0 Å². The summed E-state index contributed by atoms with van der Waals surface area (Å²) in [6, 6.07) is 0. The van der Waals surface area contributed by atoms with E-state index in [4.69, 9.17) is 4.55 Å². The van der Waals surface area contributed by atoms with E-state index >= 15 is 0 Å². The van der Waals surface area contributed by atoms with Gasteiger partial charge in [-0.2, -0.15) is 8.42 Å². The molecule has 0 saturated heterocycles. The summed E-state index contributed by atoms with van der Waals surface area (Å²) in [6.07, 6.45) is 9.76. The molecule has 23 heavy (non-hydrogen) atoms. The first-order valence-electron chi connectivity index (χ1n) is 7.49. The Balaban J connectivity index is 3.57. The fourth-order valence-corrected chi connectivity index (χ4v) is 2.23. The van der Waals surface area contributed by atoms with Gasteiger partial charge in [-0.05, 0) is 36.1 Å². The third-order valence-corrected chi connectivity index (χ3v) is 3.58. The first kappa shape index (κ1) is 22.2. The van der Waals surface area contributed by atoms with Crippen LogP contribution in [-0.2, 0) is 14.6 Å². The average molecular weight is 407 g/mol. The van der Waals surface area contributed by atoms with E-state index in [1.165, 1.54) is 25.7 Å². The number of allylic oxidation sites excluding steroid dienone is 1. The van der Waals surface area contributed by atoms with Crippen molar-refractivity contribution < 1.29 is 22.3 Å². The fourth-order valence-electron chi connectivity index (χ4n) is 1.66. The molecule has 0 unspecified atom stereocenters. The first-order valence-corrected chi connectivity index (χ1v) is 9.77. The molecule has 0 aliphatic carbocycles. The minimum atomic E-state index is -4.55. The molecule has 130 valence electrons. The average Bonchev–Trinajstić information content (AvgIpc) is 2.49. The summed E-state index contributed by atoms with van der Waals surface area (Å²) < 4.78 is 32.8. The highest BCUT2D eigenvalue weighted by Crippen LogP contribution is 2.08. The Morgan fingerprint density at radius 1 is 1.09 bits per heavy atom. The summed E-state index contributed by atoms with van der Waals surface area (Å²) in [5.74, 6) is 10.2. The van der Waals surface area contributed by atoms with Crippen LogP contribution in [0.3, 0.4) is 0 Å². The summed E-state index contributed by atoms with van der Waals surface area (Å²) in [5.41, 5.74) is 0. The Kier molecular flexibility index (Phi) is 14.2. The Labute approximate surface area is 147 Å². The predicted molar refractivity (Wildman–Crippen MR) is 94.1 cm³/mol. The van der Waals surface area contributed by atoms with Crippen molar-refractivity contribution in [3.8, 4) is 23.7 Å². The van der Waals surface area contributed by atoms with E-state index in [2.05, 4.69) is 49.9 Å². The summed E-state index contributed by atoms with van der Waals surface area (Å²) in [7, 11) is -4.55. The highest BCUT2D eigenvalue weighted by Gasteiger charge is 2.07. The second kappa shape index (κ2) is 14.7. The van der Waals surface area contributed by atoms with Crippen LogP contribution in [0.25, 0.3) is 0 Å². The third-order valence-electron chi connectivity index (χ3n) is 2.78. The van der Waals surface area contributed by atoms with Crippen molar-refractivity contribution in [2.45, 2.75) is 57.5 Å². The molecule has 0 amide bonds. The van der Waals surface area contributed by atoms with E-state index in [9.17, 15) is 13.5 Å². The van der Waals surface area contributed by atoms with E-state index in [1.54, 1.807) is 0 Å². The maximum Gasteiger partial charge on any atom is 0.397 e. The lowest BCUT2D eigenvalue weighted by Gasteiger charge is -2.00. The van der Waals surface area contributed by atoms with Gasteiger partial charge in [-0.25, -0.2) is 4.18 Å². The molecule has 0 saturated carbocycles. The van der Waals surface area contributed by atoms with Crippen molar-refractivity contribution >= 4 is 26.3 Å². The molecule has 0 rings (SSSR count). The van der Waals surface area contributed by atoms with Crippen LogP contribution in [-0.4, -0.2) is 30.8 Å². The van der Waals surface area contributed by atoms with Gasteiger partial charge in [0.25, 0.3) is 0 Å². The maximum atomic E-state index is 10.3. The van der Waals surface area contributed by atoms with Crippen molar-refractivity contribution in [2.75, 3.05) is 6.61 Å². The summed E-state index contributed by atoms with van der Waals surface area (Å²) in [6.45, 7) is -0.612. The number of halogens is 1. The molecule has 0 aliphatic heterocycles. The van der Waals surface area contributed by atoms with Gasteiger partial charge in [-0.1, -0.05) is 59.5 Å². The van der Waals surface area contributed by atoms with Crippen molar-refractivity contribution in [1.82, 2.24) is 0 Å². The zero-order valence-electron chi connectivity index (χ0n) is 13.0. The molecular weight excluding hydrogens is 384 g/mol. The van der Waals surface area contributed by atoms with E-state index in [-0.39, 0.29) is 0 Å². The van der Waals surface area contributed by atoms with Crippen LogP contribution in [0.15, 0.2) is 11.1 Å². The number of aliphatic hydroxyl groups is 1. The Morgan fingerprint density at radius 3 is 2.39 bits per heavy atom. The van der Waals surface area contributed by atoms with Gasteiger partial charge in [-0.3, -0.25) is 4.55 Å². The molecule has 0 aromatic heterocycles. The Hall–Kier alpha value is -0.830. The van der Waals surface area contributed by atoms with Gasteiger partial charge in [0.05, 0.1) is 0 Å². The quantitative estimate of drug-likeness (QED) is 0.312. The summed E-state index contributed by atoms with van der Waals surface area (Å²) >= 11 is 3.24. The van der Waals surface area contributed by atoms with Crippen LogP contribution in [0.1, 0.15) is 51.4 Å². The Bertz CT molecular complexity index is 548. The molecule has 7 heteroatoms. The number of unbranched alkanes of at least 4 members (excludes halogenated alkanes) is 7. The van der Waals surface area contributed by atoms with Gasteiger partial charge in [-0.15, -0.1) is 0 Å². The smallest absolute Gasteiger partial charge is 0.378 e. The highest BCUT2D eigenvalue weighted by molar-refractivity contribution is 9.11. The number of hydrogen-bond acceptors (Lipinski definition) is 4. The molecule has 0 bridgehead atoms. The minimum absolute atomic E-state index is 0.612. The van der Waals surface area contributed by atoms with Crippen LogP contribution in [0, 0.1) is 23.7 Å². The van der Waals surface area contributed by atoms with E-state index in [0.717, 1.165) is 25.7 Å². The van der Waals surface area contributed by atoms with Crippen LogP contribution in [0.5, 0.6) is 0 Å². The second-order valence-corrected chi connectivity index (χ2v) is 6.44. The fraction of sp³-hybridized carbons (Fsp3) is 0.625. The molecular formula is C16H23BrO5S. The normalized spacial score (nSPS) is 12.3. The summed E-state index contributed by atoms with van der Waals surface area (Å²) in [4.78, 5) is 1.90. The molecule has 0 heterocycles. The lowest BCUT2D eigenvalue weighted by atomic mass is 10.1. The third kappa shape index (κ3) is 19.1. The lowest BCUT2D eigenvalue weighted by Crippen LogP contribution is -2.16. The van der Waals surface area contributed by atoms with Crippen molar-refractivity contribution in [3.63, 3.8) is 0 Å². The van der Waals surface area contributed by atoms with Crippen LogP contribution in [0.2, 0.25) is 0 Å². The number of rotatable bonds is 11. The number of aliphatic hydroxyl groups excluding tert-OH is 1. The molecule has 1 atom stereocenters. The lowest BCUT2D eigenvalue weighted by molar-refractivity contribution is 0.144. The van der Waals surface area contributed by atoms with Gasteiger partial charge >= 0.3 is 10.4 Å². The van der Waals surface area contributed by atoms with Crippen LogP contribution in [0.4, 0.5) is 0 Å². The molecule has 0 aromatic rings. The highest BCUT2D eigenvalue weighted by atomic mass is 79.9. The van der Waals surface area contributed by atoms with Gasteiger partial charge in [0.2, 0.25) is 0 Å². The van der Waals surface area contributed by atoms with E-state index < -0.39 is 23.1 Å². The summed E-state index contributed by atoms with van der Waals surface area (Å²) in [5, 5.41) is 9.24. The minimum Gasteiger partial charge on any atom is -0.378 e. The van der Waals surface area contributed by atoms with Gasteiger partial charge in [0, 0.05) is 6.42 Å². The first-order chi connectivity index (χ1) is 11.0. The topological polar surface area (TPSA) is 83.8 Å². The molecule has 0 aliphatic rings. The largest absolute Gasteiger partial charge is 0.397 e. The van der Waals surface area contributed by atoms with E-state index in [1.807, 2.05) is 4.99 Å². The predicted octanol–water partition coefficient (Wildman–Crippen LogP) is 3.20. The maximum absolute atomic E-state index is 10.3. The van der Waals surface area contributed by atoms with E-state index in [0.29, 0.717) is 0 Å². The number of hydrogen-bond donors (Lipinski definition) is 2. The molecule has 0 fully saturated rings. The molecule has 0 spiro atoms. The zero-order valence-corrected chi connectivity index (χ0v) is 15.4. The molecule has 0 radical (unpaired) electrons. The molecule has 2 N–H and O–H groups in total. The SMILES string of the molecule is O=S(=O)(O)OC[C@@H](O)C#CC#CCCCCCCCC/C=C/Br. The van der Waals surface area contributed by atoms with Crippen LogP contribution >= 0.6 is 15.9 Å². The van der Waals surface area contributed by atoms with Crippen molar-refractivity contribution in [3.05, 3.63) is 11.1 Å². The van der Waals surface area contributed by atoms with Crippen LogP contribution < -0.4 is 0 Å².